The highest BCUT2D eigenvalue weighted by Gasteiger charge is 2.32. The Kier molecular flexibility index (Phi) is 16.7. The predicted molar refractivity (Wildman–Crippen MR) is 307 cm³/mol. The Balaban J connectivity index is 0.000000192. The molecule has 0 atom stereocenters. The minimum Gasteiger partial charge on any atom is -0.396 e. The van der Waals surface area contributed by atoms with Crippen LogP contribution in [0, 0.1) is 54.1 Å². The number of carbonyl (C=O) groups is 1. The molecule has 0 radical (unpaired) electrons. The first kappa shape index (κ1) is 55.2. The van der Waals surface area contributed by atoms with E-state index >= 15 is 0 Å². The van der Waals surface area contributed by atoms with Crippen LogP contribution in [0.5, 0.6) is 0 Å². The van der Waals surface area contributed by atoms with Gasteiger partial charge in [0.2, 0.25) is 5.91 Å². The van der Waals surface area contributed by atoms with Gasteiger partial charge in [-0.2, -0.15) is 20.7 Å². The summed E-state index contributed by atoms with van der Waals surface area (Å²) in [5.41, 5.74) is 12.7. The average molecular weight is 1090 g/mol. The van der Waals surface area contributed by atoms with Crippen LogP contribution in [0.25, 0.3) is 33.5 Å². The number of aliphatic hydroxyl groups is 1. The zero-order chi connectivity index (χ0) is 54.1. The van der Waals surface area contributed by atoms with Gasteiger partial charge in [-0.05, 0) is 99.5 Å². The van der Waals surface area contributed by atoms with Crippen LogP contribution in [0.3, 0.4) is 0 Å². The lowest BCUT2D eigenvalue weighted by Gasteiger charge is -2.41. The lowest BCUT2D eigenvalue weighted by atomic mass is 10.0. The van der Waals surface area contributed by atoms with Crippen LogP contribution in [-0.2, 0) is 17.6 Å². The number of piperazine rings is 2. The number of anilines is 6. The van der Waals surface area contributed by atoms with E-state index in [-0.39, 0.29) is 37.5 Å². The van der Waals surface area contributed by atoms with Crippen LogP contribution in [-0.4, -0.2) is 143 Å². The van der Waals surface area contributed by atoms with E-state index < -0.39 is 0 Å². The lowest BCUT2D eigenvalue weighted by molar-refractivity contribution is -0.139. The van der Waals surface area contributed by atoms with Crippen molar-refractivity contribution < 1.29 is 18.7 Å². The first-order valence-electron chi connectivity index (χ1n) is 26.0. The summed E-state index contributed by atoms with van der Waals surface area (Å²) in [4.78, 5) is 36.0. The van der Waals surface area contributed by atoms with Crippen LogP contribution in [0.4, 0.5) is 41.8 Å². The van der Waals surface area contributed by atoms with Crippen molar-refractivity contribution in [1.29, 1.82) is 10.5 Å². The molecule has 0 spiro atoms. The van der Waals surface area contributed by atoms with Crippen molar-refractivity contribution in [3.63, 3.8) is 0 Å². The number of hydrogen-bond acceptors (Lipinski definition) is 16. The Bertz CT molecular complexity index is 3520. The number of thiazole rings is 2. The third kappa shape index (κ3) is 11.0. The first-order valence-corrected chi connectivity index (χ1v) is 27.6. The Morgan fingerprint density at radius 2 is 1.14 bits per heavy atom. The lowest BCUT2D eigenvalue weighted by Crippen LogP contribution is -2.56. The number of nitrogens with zero attached hydrogens (tertiary/aromatic N) is 14. The molecule has 6 aromatic heterocycles. The Labute approximate surface area is 461 Å². The van der Waals surface area contributed by atoms with E-state index in [1.54, 1.807) is 24.3 Å². The standard InChI is InChI=1S/C31H35FN8O2S.C25H26FN7S.CH4/c1-4-25-30(36(3)31-34-29(27(15-33)43-31)22-5-7-23(32)8-6-22)26-14-24(13-20(2)40(26)35-25)38-11-9-37(10-12-38)18-28(42)39-16-21(17-39)19-41;1-4-20-24(21-14-19(13-16(2)33(21)30-20)32-11-9-28-10-12-32)31(3)25-29-23(22(15-27)34-25)17-5-7-18(26)8-6-17;/h5-8,13-14,21,41H,4,9-12,16-19H2,1-3H3;5-8,13-14,28H,4,9-12H2,1-3H3;1H4. The predicted octanol–water partition coefficient (Wildman–Crippen LogP) is 8.83. The Morgan fingerprint density at radius 1 is 0.705 bits per heavy atom. The summed E-state index contributed by atoms with van der Waals surface area (Å²) in [5, 5.41) is 43.4. The highest BCUT2D eigenvalue weighted by molar-refractivity contribution is 7.17. The largest absolute Gasteiger partial charge is 0.396 e. The van der Waals surface area contributed by atoms with Crippen LogP contribution in [0.2, 0.25) is 0 Å². The fourth-order valence-electron chi connectivity index (χ4n) is 10.3. The minimum atomic E-state index is -0.335. The number of halogens is 2. The van der Waals surface area contributed by atoms with Gasteiger partial charge in [0.05, 0.1) is 40.3 Å². The number of amides is 1. The van der Waals surface area contributed by atoms with E-state index in [9.17, 15) is 29.2 Å². The Morgan fingerprint density at radius 3 is 1.55 bits per heavy atom. The third-order valence-corrected chi connectivity index (χ3v) is 16.7. The van der Waals surface area contributed by atoms with E-state index in [4.69, 9.17) is 20.2 Å². The van der Waals surface area contributed by atoms with Crippen molar-refractivity contribution >= 4 is 72.6 Å². The first-order chi connectivity index (χ1) is 37.3. The van der Waals surface area contributed by atoms with Crippen molar-refractivity contribution in [1.82, 2.24) is 44.3 Å². The summed E-state index contributed by atoms with van der Waals surface area (Å²) in [5.74, 6) is -0.290. The maximum atomic E-state index is 13.5. The fourth-order valence-corrected chi connectivity index (χ4v) is 12.1. The van der Waals surface area contributed by atoms with Crippen molar-refractivity contribution in [2.24, 2.45) is 5.92 Å². The van der Waals surface area contributed by atoms with Crippen LogP contribution in [0.1, 0.15) is 53.8 Å². The van der Waals surface area contributed by atoms with Gasteiger partial charge in [0.15, 0.2) is 10.3 Å². The van der Waals surface area contributed by atoms with Gasteiger partial charge in [-0.3, -0.25) is 9.69 Å². The maximum absolute atomic E-state index is 13.5. The SMILES string of the molecule is C.CCc1nn2c(C)cc(N3CCN(CC(=O)N4CC(CO)C4)CC3)cc2c1N(C)c1nc(-c2ccc(F)cc2)c(C#N)s1.CCc1nn2c(C)cc(N3CCNCC3)cc2c1N(C)c1nc(-c2ccc(F)cc2)c(C#N)s1. The van der Waals surface area contributed by atoms with Gasteiger partial charge in [0, 0.05) is 126 Å². The number of likely N-dealkylation sites (tertiary alicyclic amines) is 1. The second-order valence-electron chi connectivity index (χ2n) is 19.7. The van der Waals surface area contributed by atoms with E-state index in [2.05, 4.69) is 84.1 Å². The molecular weight excluding hydrogens is 1030 g/mol. The van der Waals surface area contributed by atoms with Gasteiger partial charge < -0.3 is 34.9 Å². The molecule has 2 N–H and O–H groups in total. The molecule has 2 aromatic carbocycles. The molecular formula is C57H65F2N15O2S2. The average Bonchev–Trinajstić information content (AvgIpc) is 4.39. The molecule has 9 heterocycles. The number of aliphatic hydroxyl groups excluding tert-OH is 1. The van der Waals surface area contributed by atoms with Crippen LogP contribution < -0.4 is 24.9 Å². The molecule has 3 aliphatic rings. The summed E-state index contributed by atoms with van der Waals surface area (Å²) in [6.07, 6.45) is 1.49. The summed E-state index contributed by atoms with van der Waals surface area (Å²) in [7, 11) is 3.92. The van der Waals surface area contributed by atoms with Crippen LogP contribution in [0.15, 0.2) is 72.8 Å². The maximum Gasteiger partial charge on any atom is 0.236 e. The minimum absolute atomic E-state index is 0. The van der Waals surface area contributed by atoms with Crippen molar-refractivity contribution in [2.75, 3.05) is 112 Å². The van der Waals surface area contributed by atoms with Gasteiger partial charge in [-0.1, -0.05) is 43.9 Å². The van der Waals surface area contributed by atoms with E-state index in [0.29, 0.717) is 56.6 Å². The number of nitriles is 2. The number of rotatable bonds is 13. The topological polar surface area (TPSA) is 177 Å². The summed E-state index contributed by atoms with van der Waals surface area (Å²) in [6.45, 7) is 17.3. The smallest absolute Gasteiger partial charge is 0.236 e. The fraction of sp³-hybridized carbons (Fsp3) is 0.386. The van der Waals surface area contributed by atoms with Gasteiger partial charge in [0.1, 0.15) is 44.9 Å². The molecule has 21 heteroatoms. The summed E-state index contributed by atoms with van der Waals surface area (Å²) < 4.78 is 30.9. The highest BCUT2D eigenvalue weighted by atomic mass is 32.1. The molecule has 0 bridgehead atoms. The zero-order valence-corrected chi connectivity index (χ0v) is 45.7. The van der Waals surface area contributed by atoms with E-state index in [1.165, 1.54) is 52.6 Å². The molecule has 0 unspecified atom stereocenters. The monoisotopic (exact) mass is 1090 g/mol. The van der Waals surface area contributed by atoms with Gasteiger partial charge >= 0.3 is 0 Å². The second-order valence-corrected chi connectivity index (χ2v) is 21.6. The number of benzene rings is 2. The molecule has 3 saturated heterocycles. The number of aromatic nitrogens is 6. The zero-order valence-electron chi connectivity index (χ0n) is 44.1. The number of fused-ring (bicyclic) bond motifs is 2. The van der Waals surface area contributed by atoms with E-state index in [1.807, 2.05) is 37.8 Å². The van der Waals surface area contributed by atoms with E-state index in [0.717, 1.165) is 122 Å². The van der Waals surface area contributed by atoms with Crippen molar-refractivity contribution in [3.8, 4) is 34.7 Å². The Hall–Kier alpha value is -7.53. The highest BCUT2D eigenvalue weighted by Crippen LogP contribution is 2.41. The normalized spacial score (nSPS) is 14.9. The van der Waals surface area contributed by atoms with Gasteiger partial charge in [0.25, 0.3) is 0 Å². The molecule has 11 rings (SSSR count). The van der Waals surface area contributed by atoms with Gasteiger partial charge in [-0.25, -0.2) is 27.8 Å². The number of aryl methyl sites for hydroxylation is 4. The molecule has 3 aliphatic heterocycles. The molecule has 406 valence electrons. The molecule has 3 fully saturated rings. The number of pyridine rings is 2. The van der Waals surface area contributed by atoms with Crippen LogP contribution >= 0.6 is 22.7 Å². The molecule has 17 nitrogen and oxygen atoms in total. The molecule has 1 amide bonds. The number of nitrogens with one attached hydrogen (secondary N) is 1. The number of hydrogen-bond donors (Lipinski definition) is 2. The second kappa shape index (κ2) is 23.6. The van der Waals surface area contributed by atoms with Crippen molar-refractivity contribution in [3.05, 3.63) is 117 Å². The molecule has 78 heavy (non-hydrogen) atoms. The molecule has 0 aliphatic carbocycles. The molecule has 8 aromatic rings. The molecule has 0 saturated carbocycles. The number of carbonyl (C=O) groups excluding carboxylic acids is 1. The summed E-state index contributed by atoms with van der Waals surface area (Å²) >= 11 is 2.64. The summed E-state index contributed by atoms with van der Waals surface area (Å²) in [6, 6.07) is 25.4. The van der Waals surface area contributed by atoms with Gasteiger partial charge in [-0.15, -0.1) is 0 Å². The van der Waals surface area contributed by atoms with Crippen molar-refractivity contribution in [2.45, 2.75) is 48.0 Å². The quantitative estimate of drug-likeness (QED) is 0.112. The third-order valence-electron chi connectivity index (χ3n) is 14.6.